The van der Waals surface area contributed by atoms with E-state index >= 15 is 0 Å². The molecule has 0 spiro atoms. The molecule has 0 saturated heterocycles. The van der Waals surface area contributed by atoms with Crippen LogP contribution in [0.3, 0.4) is 0 Å². The summed E-state index contributed by atoms with van der Waals surface area (Å²) in [5.41, 5.74) is 3.03. The summed E-state index contributed by atoms with van der Waals surface area (Å²) in [5, 5.41) is 10.3. The number of nitrogens with zero attached hydrogens (tertiary/aromatic N) is 2. The predicted molar refractivity (Wildman–Crippen MR) is 101 cm³/mol. The van der Waals surface area contributed by atoms with E-state index in [2.05, 4.69) is 29.6 Å². The molecule has 5 nitrogen and oxygen atoms in total. The lowest BCUT2D eigenvalue weighted by Crippen LogP contribution is -2.22. The van der Waals surface area contributed by atoms with Crippen LogP contribution in [0.15, 0.2) is 66.9 Å². The van der Waals surface area contributed by atoms with Gasteiger partial charge in [0.1, 0.15) is 5.82 Å². The summed E-state index contributed by atoms with van der Waals surface area (Å²) >= 11 is 0. The van der Waals surface area contributed by atoms with Crippen molar-refractivity contribution in [2.75, 3.05) is 17.2 Å². The number of amides is 1. The molecule has 0 aliphatic heterocycles. The van der Waals surface area contributed by atoms with Crippen molar-refractivity contribution in [1.29, 1.82) is 0 Å². The van der Waals surface area contributed by atoms with E-state index in [9.17, 15) is 4.79 Å². The van der Waals surface area contributed by atoms with Gasteiger partial charge in [0.25, 0.3) is 0 Å². The zero-order valence-corrected chi connectivity index (χ0v) is 14.4. The van der Waals surface area contributed by atoms with Crippen molar-refractivity contribution >= 4 is 17.4 Å². The SMILES string of the molecule is CC(C)c1ccc(NC(=O)CNc2ccn(-c3ccccc3)n2)cc1. The second-order valence-electron chi connectivity index (χ2n) is 6.16. The summed E-state index contributed by atoms with van der Waals surface area (Å²) in [6.07, 6.45) is 1.86. The van der Waals surface area contributed by atoms with Gasteiger partial charge in [-0.15, -0.1) is 0 Å². The van der Waals surface area contributed by atoms with Crippen LogP contribution < -0.4 is 10.6 Å². The summed E-state index contributed by atoms with van der Waals surface area (Å²) < 4.78 is 1.77. The molecular formula is C20H22N4O. The molecule has 0 aliphatic rings. The van der Waals surface area contributed by atoms with Crippen molar-refractivity contribution in [2.24, 2.45) is 0 Å². The third kappa shape index (κ3) is 4.47. The molecule has 25 heavy (non-hydrogen) atoms. The Morgan fingerprint density at radius 2 is 1.76 bits per heavy atom. The summed E-state index contributed by atoms with van der Waals surface area (Å²) in [7, 11) is 0. The van der Waals surface area contributed by atoms with Crippen molar-refractivity contribution < 1.29 is 4.79 Å². The third-order valence-corrected chi connectivity index (χ3v) is 3.90. The van der Waals surface area contributed by atoms with E-state index in [0.717, 1.165) is 11.4 Å². The van der Waals surface area contributed by atoms with Crippen LogP contribution in [-0.4, -0.2) is 22.2 Å². The number of hydrogen-bond acceptors (Lipinski definition) is 3. The lowest BCUT2D eigenvalue weighted by Gasteiger charge is -2.09. The molecule has 1 aromatic heterocycles. The Bertz CT molecular complexity index is 822. The standard InChI is InChI=1S/C20H22N4O/c1-15(2)16-8-10-17(11-9-16)22-20(25)14-21-19-12-13-24(23-19)18-6-4-3-5-7-18/h3-13,15H,14H2,1-2H3,(H,21,23)(H,22,25). The molecule has 0 fully saturated rings. The first-order chi connectivity index (χ1) is 12.1. The van der Waals surface area contributed by atoms with Crippen molar-refractivity contribution in [3.63, 3.8) is 0 Å². The topological polar surface area (TPSA) is 59.0 Å². The molecule has 2 aromatic carbocycles. The Kier molecular flexibility index (Phi) is 5.14. The minimum atomic E-state index is -0.105. The molecule has 3 aromatic rings. The number of carbonyl (C=O) groups excluding carboxylic acids is 1. The molecule has 0 atom stereocenters. The lowest BCUT2D eigenvalue weighted by molar-refractivity contribution is -0.114. The summed E-state index contributed by atoms with van der Waals surface area (Å²) in [6, 6.07) is 19.6. The first kappa shape index (κ1) is 16.8. The van der Waals surface area contributed by atoms with E-state index in [4.69, 9.17) is 0 Å². The van der Waals surface area contributed by atoms with Gasteiger partial charge in [-0.2, -0.15) is 5.10 Å². The highest BCUT2D eigenvalue weighted by Gasteiger charge is 2.05. The molecule has 0 saturated carbocycles. The minimum absolute atomic E-state index is 0.105. The van der Waals surface area contributed by atoms with Gasteiger partial charge in [0, 0.05) is 18.0 Å². The molecular weight excluding hydrogens is 312 g/mol. The number of hydrogen-bond donors (Lipinski definition) is 2. The van der Waals surface area contributed by atoms with Crippen LogP contribution in [0.4, 0.5) is 11.5 Å². The molecule has 0 bridgehead atoms. The lowest BCUT2D eigenvalue weighted by atomic mass is 10.0. The zero-order valence-electron chi connectivity index (χ0n) is 14.4. The molecule has 5 heteroatoms. The van der Waals surface area contributed by atoms with Gasteiger partial charge >= 0.3 is 0 Å². The third-order valence-electron chi connectivity index (χ3n) is 3.90. The Morgan fingerprint density at radius 1 is 1.04 bits per heavy atom. The predicted octanol–water partition coefficient (Wildman–Crippen LogP) is 4.05. The van der Waals surface area contributed by atoms with Crippen LogP contribution in [0.2, 0.25) is 0 Å². The number of carbonyl (C=O) groups is 1. The normalized spacial score (nSPS) is 10.7. The molecule has 1 heterocycles. The Hall–Kier alpha value is -3.08. The van der Waals surface area contributed by atoms with E-state index in [1.165, 1.54) is 5.56 Å². The minimum Gasteiger partial charge on any atom is -0.360 e. The largest absolute Gasteiger partial charge is 0.360 e. The summed E-state index contributed by atoms with van der Waals surface area (Å²) in [6.45, 7) is 4.45. The van der Waals surface area contributed by atoms with Crippen LogP contribution in [0.25, 0.3) is 5.69 Å². The molecule has 0 unspecified atom stereocenters. The van der Waals surface area contributed by atoms with E-state index in [0.29, 0.717) is 11.7 Å². The van der Waals surface area contributed by atoms with Gasteiger partial charge < -0.3 is 10.6 Å². The van der Waals surface area contributed by atoms with Crippen LogP contribution in [0.5, 0.6) is 0 Å². The van der Waals surface area contributed by atoms with Gasteiger partial charge in [0.2, 0.25) is 5.91 Å². The zero-order chi connectivity index (χ0) is 17.6. The van der Waals surface area contributed by atoms with Gasteiger partial charge in [0.15, 0.2) is 0 Å². The number of para-hydroxylation sites is 1. The van der Waals surface area contributed by atoms with Crippen LogP contribution in [0.1, 0.15) is 25.3 Å². The van der Waals surface area contributed by atoms with Gasteiger partial charge in [-0.3, -0.25) is 4.79 Å². The van der Waals surface area contributed by atoms with E-state index in [1.807, 2.05) is 66.9 Å². The second kappa shape index (κ2) is 7.66. The Labute approximate surface area is 147 Å². The van der Waals surface area contributed by atoms with Gasteiger partial charge in [-0.25, -0.2) is 4.68 Å². The fourth-order valence-corrected chi connectivity index (χ4v) is 2.47. The summed E-state index contributed by atoms with van der Waals surface area (Å²) in [4.78, 5) is 12.1. The van der Waals surface area contributed by atoms with E-state index in [1.54, 1.807) is 4.68 Å². The van der Waals surface area contributed by atoms with Gasteiger partial charge in [-0.1, -0.05) is 44.2 Å². The quantitative estimate of drug-likeness (QED) is 0.715. The fraction of sp³-hybridized carbons (Fsp3) is 0.200. The molecule has 2 N–H and O–H groups in total. The average Bonchev–Trinajstić information content (AvgIpc) is 3.10. The van der Waals surface area contributed by atoms with Gasteiger partial charge in [-0.05, 0) is 35.7 Å². The first-order valence-corrected chi connectivity index (χ1v) is 8.36. The average molecular weight is 334 g/mol. The van der Waals surface area contributed by atoms with Crippen molar-refractivity contribution in [3.8, 4) is 5.69 Å². The highest BCUT2D eigenvalue weighted by Crippen LogP contribution is 2.17. The van der Waals surface area contributed by atoms with Crippen molar-refractivity contribution in [2.45, 2.75) is 19.8 Å². The number of aromatic nitrogens is 2. The van der Waals surface area contributed by atoms with Crippen molar-refractivity contribution in [3.05, 3.63) is 72.4 Å². The highest BCUT2D eigenvalue weighted by atomic mass is 16.1. The number of benzene rings is 2. The Morgan fingerprint density at radius 3 is 2.44 bits per heavy atom. The van der Waals surface area contributed by atoms with Crippen LogP contribution in [0, 0.1) is 0 Å². The summed E-state index contributed by atoms with van der Waals surface area (Å²) in [5.74, 6) is 1.03. The van der Waals surface area contributed by atoms with Crippen molar-refractivity contribution in [1.82, 2.24) is 9.78 Å². The first-order valence-electron chi connectivity index (χ1n) is 8.36. The van der Waals surface area contributed by atoms with E-state index < -0.39 is 0 Å². The molecule has 3 rings (SSSR count). The maximum atomic E-state index is 12.1. The number of nitrogens with one attached hydrogen (secondary N) is 2. The Balaban J connectivity index is 1.53. The second-order valence-corrected chi connectivity index (χ2v) is 6.16. The smallest absolute Gasteiger partial charge is 0.243 e. The molecule has 128 valence electrons. The van der Waals surface area contributed by atoms with Crippen LogP contribution in [-0.2, 0) is 4.79 Å². The highest BCUT2D eigenvalue weighted by molar-refractivity contribution is 5.93. The van der Waals surface area contributed by atoms with E-state index in [-0.39, 0.29) is 12.5 Å². The maximum absolute atomic E-state index is 12.1. The maximum Gasteiger partial charge on any atom is 0.243 e. The van der Waals surface area contributed by atoms with Crippen LogP contribution >= 0.6 is 0 Å². The molecule has 1 amide bonds. The van der Waals surface area contributed by atoms with Gasteiger partial charge in [0.05, 0.1) is 12.2 Å². The number of anilines is 2. The molecule has 0 aliphatic carbocycles. The number of rotatable bonds is 6. The fourth-order valence-electron chi connectivity index (χ4n) is 2.47. The monoisotopic (exact) mass is 334 g/mol. The molecule has 0 radical (unpaired) electrons.